The SMILES string of the molecule is CC(C)C[C@@H](N)C(=O)O.CCc1ccccc1. The number of benzene rings is 1. The molecule has 0 heterocycles. The van der Waals surface area contributed by atoms with E-state index in [4.69, 9.17) is 10.8 Å². The minimum atomic E-state index is -0.913. The molecular weight excluding hydrogens is 214 g/mol. The highest BCUT2D eigenvalue weighted by Crippen LogP contribution is 2.01. The van der Waals surface area contributed by atoms with Crippen LogP contribution in [0.5, 0.6) is 0 Å². The van der Waals surface area contributed by atoms with Gasteiger partial charge in [0.05, 0.1) is 0 Å². The molecule has 0 radical (unpaired) electrons. The van der Waals surface area contributed by atoms with E-state index in [1.54, 1.807) is 0 Å². The Labute approximate surface area is 104 Å². The van der Waals surface area contributed by atoms with Crippen molar-refractivity contribution in [2.45, 2.75) is 39.7 Å². The van der Waals surface area contributed by atoms with Gasteiger partial charge in [-0.2, -0.15) is 0 Å². The van der Waals surface area contributed by atoms with Crippen LogP contribution in [-0.4, -0.2) is 17.1 Å². The van der Waals surface area contributed by atoms with Gasteiger partial charge in [-0.15, -0.1) is 0 Å². The largest absolute Gasteiger partial charge is 0.480 e. The molecule has 3 nitrogen and oxygen atoms in total. The topological polar surface area (TPSA) is 63.3 Å². The summed E-state index contributed by atoms with van der Waals surface area (Å²) in [5, 5.41) is 8.31. The van der Waals surface area contributed by atoms with Gasteiger partial charge in [0.25, 0.3) is 0 Å². The summed E-state index contributed by atoms with van der Waals surface area (Å²) in [7, 11) is 0. The maximum atomic E-state index is 10.1. The number of rotatable bonds is 4. The van der Waals surface area contributed by atoms with Crippen LogP contribution < -0.4 is 5.73 Å². The van der Waals surface area contributed by atoms with E-state index < -0.39 is 12.0 Å². The van der Waals surface area contributed by atoms with Gasteiger partial charge in [-0.1, -0.05) is 51.1 Å². The standard InChI is InChI=1S/C8H10.C6H13NO2/c1-2-8-6-4-3-5-7-8;1-4(2)3-5(7)6(8)9/h3-7H,2H2,1H3;4-5H,3,7H2,1-2H3,(H,8,9)/t;5-/m.1/s1. The zero-order valence-electron chi connectivity index (χ0n) is 10.9. The molecule has 0 unspecified atom stereocenters. The highest BCUT2D eigenvalue weighted by atomic mass is 16.4. The molecule has 1 atom stereocenters. The van der Waals surface area contributed by atoms with E-state index in [1.807, 2.05) is 19.9 Å². The van der Waals surface area contributed by atoms with Crippen molar-refractivity contribution < 1.29 is 9.90 Å². The van der Waals surface area contributed by atoms with Gasteiger partial charge in [0.15, 0.2) is 0 Å². The van der Waals surface area contributed by atoms with Gasteiger partial charge in [0, 0.05) is 0 Å². The molecular formula is C14H23NO2. The predicted molar refractivity (Wildman–Crippen MR) is 70.9 cm³/mol. The van der Waals surface area contributed by atoms with E-state index in [-0.39, 0.29) is 0 Å². The van der Waals surface area contributed by atoms with Gasteiger partial charge in [0.2, 0.25) is 0 Å². The van der Waals surface area contributed by atoms with Crippen LogP contribution in [-0.2, 0) is 11.2 Å². The Morgan fingerprint density at radius 3 is 2.06 bits per heavy atom. The maximum Gasteiger partial charge on any atom is 0.320 e. The normalized spacial score (nSPS) is 11.6. The first kappa shape index (κ1) is 15.7. The zero-order chi connectivity index (χ0) is 13.3. The Balaban J connectivity index is 0.000000302. The molecule has 0 aliphatic heterocycles. The second-order valence-electron chi connectivity index (χ2n) is 4.41. The highest BCUT2D eigenvalue weighted by molar-refractivity contribution is 5.72. The minimum Gasteiger partial charge on any atom is -0.480 e. The molecule has 1 aromatic rings. The summed E-state index contributed by atoms with van der Waals surface area (Å²) in [5.74, 6) is -0.556. The van der Waals surface area contributed by atoms with Crippen LogP contribution in [0.15, 0.2) is 30.3 Å². The third-order valence-corrected chi connectivity index (χ3v) is 2.29. The Morgan fingerprint density at radius 1 is 1.29 bits per heavy atom. The van der Waals surface area contributed by atoms with E-state index in [1.165, 1.54) is 5.56 Å². The second kappa shape index (κ2) is 8.76. The van der Waals surface area contributed by atoms with Crippen molar-refractivity contribution in [3.05, 3.63) is 35.9 Å². The molecule has 0 saturated carbocycles. The van der Waals surface area contributed by atoms with Crippen LogP contribution in [0.3, 0.4) is 0 Å². The predicted octanol–water partition coefficient (Wildman–Crippen LogP) is 2.69. The molecule has 3 N–H and O–H groups in total. The Kier molecular flexibility index (Phi) is 8.07. The van der Waals surface area contributed by atoms with Crippen molar-refractivity contribution in [3.8, 4) is 0 Å². The molecule has 0 fully saturated rings. The molecule has 0 amide bonds. The van der Waals surface area contributed by atoms with Crippen molar-refractivity contribution in [2.24, 2.45) is 11.7 Å². The molecule has 0 aliphatic rings. The summed E-state index contributed by atoms with van der Waals surface area (Å²) >= 11 is 0. The van der Waals surface area contributed by atoms with Gasteiger partial charge in [-0.05, 0) is 24.3 Å². The molecule has 0 aromatic heterocycles. The van der Waals surface area contributed by atoms with Gasteiger partial charge < -0.3 is 10.8 Å². The van der Waals surface area contributed by atoms with Crippen LogP contribution in [0.2, 0.25) is 0 Å². The molecule has 96 valence electrons. The number of carbonyl (C=O) groups is 1. The number of hydrogen-bond donors (Lipinski definition) is 2. The van der Waals surface area contributed by atoms with Gasteiger partial charge in [-0.25, -0.2) is 0 Å². The molecule has 17 heavy (non-hydrogen) atoms. The molecule has 0 aliphatic carbocycles. The summed E-state index contributed by atoms with van der Waals surface area (Å²) in [6.07, 6.45) is 1.69. The lowest BCUT2D eigenvalue weighted by atomic mass is 10.1. The zero-order valence-corrected chi connectivity index (χ0v) is 10.9. The number of aliphatic carboxylic acids is 1. The van der Waals surface area contributed by atoms with Crippen molar-refractivity contribution in [3.63, 3.8) is 0 Å². The van der Waals surface area contributed by atoms with Crippen molar-refractivity contribution in [1.82, 2.24) is 0 Å². The Hall–Kier alpha value is -1.35. The fourth-order valence-electron chi connectivity index (χ4n) is 1.32. The van der Waals surface area contributed by atoms with E-state index in [9.17, 15) is 4.79 Å². The van der Waals surface area contributed by atoms with Gasteiger partial charge >= 0.3 is 5.97 Å². The number of carboxylic acid groups (broad SMARTS) is 1. The lowest BCUT2D eigenvalue weighted by Gasteiger charge is -2.07. The van der Waals surface area contributed by atoms with Crippen LogP contribution >= 0.6 is 0 Å². The van der Waals surface area contributed by atoms with Crippen molar-refractivity contribution in [1.29, 1.82) is 0 Å². The van der Waals surface area contributed by atoms with Crippen LogP contribution in [0.4, 0.5) is 0 Å². The summed E-state index contributed by atoms with van der Waals surface area (Å²) in [5.41, 5.74) is 6.63. The quantitative estimate of drug-likeness (QED) is 0.846. The van der Waals surface area contributed by atoms with E-state index >= 15 is 0 Å². The van der Waals surface area contributed by atoms with Crippen LogP contribution in [0.25, 0.3) is 0 Å². The Bertz CT molecular complexity index is 309. The van der Waals surface area contributed by atoms with Crippen molar-refractivity contribution in [2.75, 3.05) is 0 Å². The third-order valence-electron chi connectivity index (χ3n) is 2.29. The van der Waals surface area contributed by atoms with E-state index in [0.717, 1.165) is 6.42 Å². The first-order valence-electron chi connectivity index (χ1n) is 5.99. The second-order valence-corrected chi connectivity index (χ2v) is 4.41. The highest BCUT2D eigenvalue weighted by Gasteiger charge is 2.11. The molecule has 0 spiro atoms. The fraction of sp³-hybridized carbons (Fsp3) is 0.500. The average Bonchev–Trinajstić information content (AvgIpc) is 2.30. The van der Waals surface area contributed by atoms with E-state index in [2.05, 4.69) is 31.2 Å². The maximum absolute atomic E-state index is 10.1. The number of nitrogens with two attached hydrogens (primary N) is 1. The fourth-order valence-corrected chi connectivity index (χ4v) is 1.32. The number of aryl methyl sites for hydroxylation is 1. The minimum absolute atomic E-state index is 0.357. The summed E-state index contributed by atoms with van der Waals surface area (Å²) in [6.45, 7) is 6.06. The molecule has 0 saturated heterocycles. The van der Waals surface area contributed by atoms with Crippen LogP contribution in [0, 0.1) is 5.92 Å². The molecule has 0 bridgehead atoms. The molecule has 1 aromatic carbocycles. The molecule has 1 rings (SSSR count). The first-order chi connectivity index (χ1) is 7.97. The third kappa shape index (κ3) is 8.46. The summed E-state index contributed by atoms with van der Waals surface area (Å²) in [6, 6.07) is 9.77. The lowest BCUT2D eigenvalue weighted by molar-refractivity contribution is -0.138. The van der Waals surface area contributed by atoms with Gasteiger partial charge in [0.1, 0.15) is 6.04 Å². The van der Waals surface area contributed by atoms with Crippen molar-refractivity contribution >= 4 is 5.97 Å². The Morgan fingerprint density at radius 2 is 1.82 bits per heavy atom. The lowest BCUT2D eigenvalue weighted by Crippen LogP contribution is -2.31. The van der Waals surface area contributed by atoms with Gasteiger partial charge in [-0.3, -0.25) is 4.79 Å². The first-order valence-corrected chi connectivity index (χ1v) is 5.99. The molecule has 3 heteroatoms. The summed E-state index contributed by atoms with van der Waals surface area (Å²) < 4.78 is 0. The number of carboxylic acids is 1. The average molecular weight is 237 g/mol. The summed E-state index contributed by atoms with van der Waals surface area (Å²) in [4.78, 5) is 10.1. The smallest absolute Gasteiger partial charge is 0.320 e. The number of hydrogen-bond acceptors (Lipinski definition) is 2. The van der Waals surface area contributed by atoms with E-state index in [0.29, 0.717) is 12.3 Å². The van der Waals surface area contributed by atoms with Crippen LogP contribution in [0.1, 0.15) is 32.8 Å². The monoisotopic (exact) mass is 237 g/mol.